The monoisotopic (exact) mass is 284 g/mol. The number of nitrogens with zero attached hydrogens (tertiary/aromatic N) is 3. The molecule has 0 atom stereocenters. The van der Waals surface area contributed by atoms with Gasteiger partial charge in [0.2, 0.25) is 5.82 Å². The fourth-order valence-electron chi connectivity index (χ4n) is 1.92. The fourth-order valence-corrected chi connectivity index (χ4v) is 1.92. The smallest absolute Gasteiger partial charge is 0.347 e. The van der Waals surface area contributed by atoms with Crippen molar-refractivity contribution < 1.29 is 5.11 Å². The molecule has 1 aromatic rings. The molecule has 1 heterocycles. The summed E-state index contributed by atoms with van der Waals surface area (Å²) in [5.41, 5.74) is -0.870. The number of anilines is 1. The lowest BCUT2D eigenvalue weighted by atomic mass is 10.1. The number of hydrogen-bond acceptors (Lipinski definition) is 5. The molecule has 2 N–H and O–H groups in total. The van der Waals surface area contributed by atoms with E-state index in [4.69, 9.17) is 5.11 Å². The maximum Gasteiger partial charge on any atom is 0.347 e. The molecule has 0 unspecified atom stereocenters. The zero-order valence-corrected chi connectivity index (χ0v) is 12.3. The van der Waals surface area contributed by atoms with E-state index in [1.165, 1.54) is 24.6 Å². The molecule has 0 radical (unpaired) electrons. The second kappa shape index (κ2) is 8.52. The summed E-state index contributed by atoms with van der Waals surface area (Å²) in [6.07, 6.45) is 5.42. The van der Waals surface area contributed by atoms with Crippen LogP contribution in [0.5, 0.6) is 0 Å². The number of aromatic nitrogens is 3. The third kappa shape index (κ3) is 4.48. The maximum absolute atomic E-state index is 11.9. The van der Waals surface area contributed by atoms with Crippen molar-refractivity contribution in [2.24, 2.45) is 7.05 Å². The highest BCUT2D eigenvalue weighted by Gasteiger charge is 2.09. The van der Waals surface area contributed by atoms with E-state index in [1.54, 1.807) is 0 Å². The molecule has 1 rings (SSSR count). The summed E-state index contributed by atoms with van der Waals surface area (Å²) in [5.74, 6) is 0.106. The van der Waals surface area contributed by atoms with Crippen molar-refractivity contribution in [2.75, 3.05) is 18.5 Å². The van der Waals surface area contributed by atoms with Crippen molar-refractivity contribution in [2.45, 2.75) is 45.6 Å². The molecule has 0 fully saturated rings. The van der Waals surface area contributed by atoms with Gasteiger partial charge in [-0.3, -0.25) is 9.36 Å². The summed E-state index contributed by atoms with van der Waals surface area (Å²) in [7, 11) is 1.43. The van der Waals surface area contributed by atoms with Crippen molar-refractivity contribution in [3.63, 3.8) is 0 Å². The minimum Gasteiger partial charge on any atom is -0.395 e. The predicted molar refractivity (Wildman–Crippen MR) is 78.1 cm³/mol. The maximum atomic E-state index is 11.9. The summed E-state index contributed by atoms with van der Waals surface area (Å²) in [6.45, 7) is 2.79. The van der Waals surface area contributed by atoms with Gasteiger partial charge in [0.05, 0.1) is 6.61 Å². The Morgan fingerprint density at radius 3 is 2.55 bits per heavy atom. The molecule has 0 aromatic carbocycles. The summed E-state index contributed by atoms with van der Waals surface area (Å²) in [4.78, 5) is 23.7. The zero-order chi connectivity index (χ0) is 15.0. The van der Waals surface area contributed by atoms with Crippen molar-refractivity contribution in [1.29, 1.82) is 0 Å². The largest absolute Gasteiger partial charge is 0.395 e. The van der Waals surface area contributed by atoms with Crippen molar-refractivity contribution in [1.82, 2.24) is 14.3 Å². The summed E-state index contributed by atoms with van der Waals surface area (Å²) in [5, 5.41) is 15.5. The van der Waals surface area contributed by atoms with Crippen molar-refractivity contribution in [3.8, 4) is 0 Å². The first-order valence-electron chi connectivity index (χ1n) is 7.14. The number of aliphatic hydroxyl groups excluding tert-OH is 1. The first-order chi connectivity index (χ1) is 9.61. The molecular weight excluding hydrogens is 260 g/mol. The summed E-state index contributed by atoms with van der Waals surface area (Å²) < 4.78 is 2.35. The van der Waals surface area contributed by atoms with Gasteiger partial charge >= 0.3 is 5.69 Å². The Morgan fingerprint density at radius 1 is 1.20 bits per heavy atom. The Kier molecular flexibility index (Phi) is 7.00. The number of unbranched alkanes of at least 4 members (excludes halogenated alkanes) is 4. The molecule has 0 aliphatic carbocycles. The van der Waals surface area contributed by atoms with Gasteiger partial charge in [-0.05, 0) is 6.42 Å². The standard InChI is InChI=1S/C13H24N4O3/c1-3-4-5-6-7-9-17-13(20)16(2)12(19)11(15-17)14-8-10-18/h18H,3-10H2,1-2H3,(H,14,15). The third-order valence-electron chi connectivity index (χ3n) is 3.11. The average molecular weight is 284 g/mol. The van der Waals surface area contributed by atoms with Gasteiger partial charge in [0.25, 0.3) is 5.56 Å². The highest BCUT2D eigenvalue weighted by atomic mass is 16.3. The summed E-state index contributed by atoms with van der Waals surface area (Å²) >= 11 is 0. The van der Waals surface area contributed by atoms with Crippen LogP contribution in [0.15, 0.2) is 9.59 Å². The quantitative estimate of drug-likeness (QED) is 0.637. The van der Waals surface area contributed by atoms with E-state index in [0.717, 1.165) is 23.8 Å². The molecule has 0 bridgehead atoms. The minimum atomic E-state index is -0.467. The zero-order valence-electron chi connectivity index (χ0n) is 12.3. The molecule has 114 valence electrons. The van der Waals surface area contributed by atoms with Gasteiger partial charge in [-0.15, -0.1) is 5.10 Å². The van der Waals surface area contributed by atoms with E-state index in [0.29, 0.717) is 6.54 Å². The highest BCUT2D eigenvalue weighted by molar-refractivity contribution is 5.29. The normalized spacial score (nSPS) is 10.8. The van der Waals surface area contributed by atoms with Crippen LogP contribution in [0.2, 0.25) is 0 Å². The van der Waals surface area contributed by atoms with Gasteiger partial charge < -0.3 is 10.4 Å². The molecule has 0 amide bonds. The minimum absolute atomic E-state index is 0.0963. The molecule has 0 saturated heterocycles. The van der Waals surface area contributed by atoms with Gasteiger partial charge in [-0.2, -0.15) is 0 Å². The van der Waals surface area contributed by atoms with Crippen LogP contribution in [0, 0.1) is 0 Å². The molecule has 0 saturated carbocycles. The van der Waals surface area contributed by atoms with Gasteiger partial charge in [-0.25, -0.2) is 9.48 Å². The highest BCUT2D eigenvalue weighted by Crippen LogP contribution is 2.03. The predicted octanol–water partition coefficient (Wildman–Crippen LogP) is 0.317. The van der Waals surface area contributed by atoms with Crippen LogP contribution < -0.4 is 16.6 Å². The van der Waals surface area contributed by atoms with Crippen LogP contribution >= 0.6 is 0 Å². The Morgan fingerprint density at radius 2 is 1.90 bits per heavy atom. The van der Waals surface area contributed by atoms with E-state index < -0.39 is 11.2 Å². The van der Waals surface area contributed by atoms with E-state index in [-0.39, 0.29) is 19.0 Å². The molecular formula is C13H24N4O3. The number of nitrogens with one attached hydrogen (secondary N) is 1. The summed E-state index contributed by atoms with van der Waals surface area (Å²) in [6, 6.07) is 0. The first-order valence-corrected chi connectivity index (χ1v) is 7.14. The molecule has 0 aliphatic heterocycles. The van der Waals surface area contributed by atoms with Gasteiger partial charge in [0.15, 0.2) is 0 Å². The lowest BCUT2D eigenvalue weighted by Crippen LogP contribution is -2.41. The molecule has 7 nitrogen and oxygen atoms in total. The van der Waals surface area contributed by atoms with Crippen molar-refractivity contribution in [3.05, 3.63) is 20.8 Å². The molecule has 7 heteroatoms. The average Bonchev–Trinajstić information content (AvgIpc) is 2.45. The van der Waals surface area contributed by atoms with Crippen molar-refractivity contribution >= 4 is 5.82 Å². The van der Waals surface area contributed by atoms with E-state index in [9.17, 15) is 9.59 Å². The lowest BCUT2D eigenvalue weighted by molar-refractivity contribution is 0.310. The van der Waals surface area contributed by atoms with Crippen LogP contribution in [-0.2, 0) is 13.6 Å². The fraction of sp³-hybridized carbons (Fsp3) is 0.769. The van der Waals surface area contributed by atoms with Gasteiger partial charge in [-0.1, -0.05) is 32.6 Å². The first kappa shape index (κ1) is 16.4. The SMILES string of the molecule is CCCCCCCn1nc(NCCO)c(=O)n(C)c1=O. The van der Waals surface area contributed by atoms with E-state index in [1.807, 2.05) is 0 Å². The lowest BCUT2D eigenvalue weighted by Gasteiger charge is -2.10. The molecule has 0 aliphatic rings. The number of rotatable bonds is 9. The molecule has 20 heavy (non-hydrogen) atoms. The Hall–Kier alpha value is -1.63. The Bertz CT molecular complexity index is 521. The number of aliphatic hydroxyl groups is 1. The Balaban J connectivity index is 2.77. The third-order valence-corrected chi connectivity index (χ3v) is 3.11. The van der Waals surface area contributed by atoms with E-state index in [2.05, 4.69) is 17.3 Å². The number of aryl methyl sites for hydroxylation is 1. The van der Waals surface area contributed by atoms with Crippen LogP contribution in [0.25, 0.3) is 0 Å². The molecule has 1 aromatic heterocycles. The van der Waals surface area contributed by atoms with Crippen LogP contribution in [0.1, 0.15) is 39.0 Å². The van der Waals surface area contributed by atoms with Gasteiger partial charge in [0, 0.05) is 20.1 Å². The van der Waals surface area contributed by atoms with Gasteiger partial charge in [0.1, 0.15) is 0 Å². The second-order valence-corrected chi connectivity index (χ2v) is 4.78. The van der Waals surface area contributed by atoms with Crippen LogP contribution in [0.4, 0.5) is 5.82 Å². The molecule has 0 spiro atoms. The van der Waals surface area contributed by atoms with Crippen LogP contribution in [-0.4, -0.2) is 32.6 Å². The Labute approximate surface area is 118 Å². The van der Waals surface area contributed by atoms with Crippen LogP contribution in [0.3, 0.4) is 0 Å². The number of hydrogen-bond donors (Lipinski definition) is 2. The topological polar surface area (TPSA) is 89.2 Å². The van der Waals surface area contributed by atoms with E-state index >= 15 is 0 Å². The second-order valence-electron chi connectivity index (χ2n) is 4.78.